The van der Waals surface area contributed by atoms with Gasteiger partial charge in [-0.1, -0.05) is 24.8 Å². The summed E-state index contributed by atoms with van der Waals surface area (Å²) in [6.07, 6.45) is 2.37. The summed E-state index contributed by atoms with van der Waals surface area (Å²) >= 11 is 0. The molecule has 114 valence electrons. The van der Waals surface area contributed by atoms with Gasteiger partial charge in [0.05, 0.1) is 6.54 Å². The van der Waals surface area contributed by atoms with E-state index in [1.54, 1.807) is 12.3 Å². The summed E-state index contributed by atoms with van der Waals surface area (Å²) in [6.45, 7) is 4.61. The Bertz CT molecular complexity index is 588. The molecular weight excluding hydrogens is 284 g/mol. The molecule has 1 aromatic carbocycles. The van der Waals surface area contributed by atoms with E-state index in [4.69, 9.17) is 5.73 Å². The van der Waals surface area contributed by atoms with Crippen LogP contribution in [0.4, 0.5) is 0 Å². The molecule has 0 aromatic heterocycles. The highest BCUT2D eigenvalue weighted by molar-refractivity contribution is 7.84. The maximum absolute atomic E-state index is 12.2. The van der Waals surface area contributed by atoms with Crippen molar-refractivity contribution in [1.29, 1.82) is 0 Å². The van der Waals surface area contributed by atoms with Crippen LogP contribution in [-0.4, -0.2) is 34.7 Å². The van der Waals surface area contributed by atoms with Crippen LogP contribution in [0.3, 0.4) is 0 Å². The van der Waals surface area contributed by atoms with Crippen molar-refractivity contribution in [2.45, 2.75) is 25.5 Å². The van der Waals surface area contributed by atoms with Crippen molar-refractivity contribution in [3.63, 3.8) is 0 Å². The normalized spacial score (nSPS) is 13.0. The summed E-state index contributed by atoms with van der Waals surface area (Å²) in [5.41, 5.74) is 7.64. The Labute approximate surface area is 129 Å². The third-order valence-corrected chi connectivity index (χ3v) is 4.59. The number of benzene rings is 1. The van der Waals surface area contributed by atoms with Crippen LogP contribution in [0.1, 0.15) is 34.8 Å². The predicted octanol–water partition coefficient (Wildman–Crippen LogP) is 1.19. The molecule has 0 saturated heterocycles. The molecule has 2 atom stereocenters. The fourth-order valence-electron chi connectivity index (χ4n) is 1.75. The van der Waals surface area contributed by atoms with E-state index in [0.717, 1.165) is 11.1 Å². The summed E-state index contributed by atoms with van der Waals surface area (Å²) in [6, 6.07) is 5.52. The molecule has 0 aliphatic heterocycles. The highest BCUT2D eigenvalue weighted by Gasteiger charge is 2.11. The topological polar surface area (TPSA) is 72.2 Å². The Morgan fingerprint density at radius 1 is 1.48 bits per heavy atom. The van der Waals surface area contributed by atoms with Gasteiger partial charge in [-0.05, 0) is 31.0 Å². The second-order valence-electron chi connectivity index (χ2n) is 4.89. The first kappa shape index (κ1) is 17.4. The molecule has 0 fully saturated rings. The number of nitrogens with two attached hydrogens (primary N) is 1. The molecule has 5 heteroatoms. The third-order valence-electron chi connectivity index (χ3n) is 3.22. The van der Waals surface area contributed by atoms with Crippen molar-refractivity contribution < 1.29 is 9.00 Å². The minimum absolute atomic E-state index is 0.0770. The van der Waals surface area contributed by atoms with E-state index >= 15 is 0 Å². The van der Waals surface area contributed by atoms with Gasteiger partial charge in [0.1, 0.15) is 0 Å². The molecule has 0 spiro atoms. The van der Waals surface area contributed by atoms with Gasteiger partial charge in [-0.3, -0.25) is 9.00 Å². The van der Waals surface area contributed by atoms with Crippen LogP contribution in [0.15, 0.2) is 18.2 Å². The van der Waals surface area contributed by atoms with Gasteiger partial charge < -0.3 is 11.1 Å². The molecule has 1 aromatic rings. The van der Waals surface area contributed by atoms with Crippen LogP contribution in [0.5, 0.6) is 0 Å². The summed E-state index contributed by atoms with van der Waals surface area (Å²) in [4.78, 5) is 12.2. The van der Waals surface area contributed by atoms with Gasteiger partial charge >= 0.3 is 0 Å². The molecule has 1 rings (SSSR count). The number of carbonyl (C=O) groups is 1. The Morgan fingerprint density at radius 3 is 2.81 bits per heavy atom. The lowest BCUT2D eigenvalue weighted by Gasteiger charge is -2.11. The first-order chi connectivity index (χ1) is 9.95. The lowest BCUT2D eigenvalue weighted by atomic mass is 10.0. The molecule has 1 amide bonds. The largest absolute Gasteiger partial charge is 0.352 e. The van der Waals surface area contributed by atoms with Gasteiger partial charge in [-0.2, -0.15) is 0 Å². The zero-order chi connectivity index (χ0) is 15.8. The Balaban J connectivity index is 2.71. The molecule has 4 nitrogen and oxygen atoms in total. The Hall–Kier alpha value is -1.64. The fraction of sp³-hybridized carbons (Fsp3) is 0.438. The third kappa shape index (κ3) is 5.70. The first-order valence-corrected chi connectivity index (χ1v) is 8.47. The standard InChI is InChI=1S/C16H22N2O2S/c1-12-6-7-14(5-4-9-17)11-15(12)16(19)18-10-8-13(2)21(3)20/h6-7,11,13H,8-10,17H2,1-3H3,(H,18,19). The maximum Gasteiger partial charge on any atom is 0.251 e. The van der Waals surface area contributed by atoms with E-state index in [-0.39, 0.29) is 11.2 Å². The van der Waals surface area contributed by atoms with Gasteiger partial charge in [-0.15, -0.1) is 0 Å². The van der Waals surface area contributed by atoms with Gasteiger partial charge in [0.2, 0.25) is 0 Å². The van der Waals surface area contributed by atoms with Crippen LogP contribution < -0.4 is 11.1 Å². The molecule has 21 heavy (non-hydrogen) atoms. The van der Waals surface area contributed by atoms with Crippen molar-refractivity contribution in [2.75, 3.05) is 19.3 Å². The van der Waals surface area contributed by atoms with Gasteiger partial charge in [0, 0.05) is 40.0 Å². The molecule has 0 saturated carbocycles. The number of nitrogens with one attached hydrogen (secondary N) is 1. The molecule has 0 bridgehead atoms. The molecule has 2 unspecified atom stereocenters. The van der Waals surface area contributed by atoms with E-state index in [9.17, 15) is 9.00 Å². The fourth-order valence-corrected chi connectivity index (χ4v) is 2.20. The Kier molecular flexibility index (Phi) is 7.13. The van der Waals surface area contributed by atoms with Crippen molar-refractivity contribution in [1.82, 2.24) is 5.32 Å². The van der Waals surface area contributed by atoms with E-state index in [1.807, 2.05) is 26.0 Å². The van der Waals surface area contributed by atoms with Crippen LogP contribution in [0, 0.1) is 18.8 Å². The highest BCUT2D eigenvalue weighted by atomic mass is 32.2. The van der Waals surface area contributed by atoms with Crippen LogP contribution >= 0.6 is 0 Å². The SMILES string of the molecule is Cc1ccc(C#CCN)cc1C(=O)NCCC(C)S(C)=O. The average Bonchev–Trinajstić information content (AvgIpc) is 2.45. The van der Waals surface area contributed by atoms with Crippen molar-refractivity contribution >= 4 is 16.7 Å². The van der Waals surface area contributed by atoms with E-state index in [2.05, 4.69) is 17.2 Å². The van der Waals surface area contributed by atoms with E-state index < -0.39 is 10.8 Å². The number of amides is 1. The molecule has 3 N–H and O–H groups in total. The van der Waals surface area contributed by atoms with E-state index in [0.29, 0.717) is 25.1 Å². The van der Waals surface area contributed by atoms with E-state index in [1.165, 1.54) is 0 Å². The Morgan fingerprint density at radius 2 is 2.19 bits per heavy atom. The summed E-state index contributed by atoms with van der Waals surface area (Å²) in [5, 5.41) is 2.94. The monoisotopic (exact) mass is 306 g/mol. The molecule has 0 aliphatic carbocycles. The smallest absolute Gasteiger partial charge is 0.251 e. The lowest BCUT2D eigenvalue weighted by molar-refractivity contribution is 0.0952. The minimum Gasteiger partial charge on any atom is -0.352 e. The van der Waals surface area contributed by atoms with Crippen molar-refractivity contribution in [3.05, 3.63) is 34.9 Å². The van der Waals surface area contributed by atoms with Crippen molar-refractivity contribution in [3.8, 4) is 11.8 Å². The number of rotatable bonds is 5. The molecule has 0 aliphatic rings. The zero-order valence-electron chi connectivity index (χ0n) is 12.7. The van der Waals surface area contributed by atoms with Crippen LogP contribution in [-0.2, 0) is 10.8 Å². The van der Waals surface area contributed by atoms with Gasteiger partial charge in [0.25, 0.3) is 5.91 Å². The minimum atomic E-state index is -0.863. The highest BCUT2D eigenvalue weighted by Crippen LogP contribution is 2.11. The number of carbonyl (C=O) groups excluding carboxylic acids is 1. The number of hydrogen-bond acceptors (Lipinski definition) is 3. The summed E-state index contributed by atoms with van der Waals surface area (Å²) in [5.74, 6) is 5.57. The second-order valence-corrected chi connectivity index (χ2v) is 6.69. The molecular formula is C16H22N2O2S. The zero-order valence-corrected chi connectivity index (χ0v) is 13.5. The average molecular weight is 306 g/mol. The first-order valence-electron chi connectivity index (χ1n) is 6.85. The molecule has 0 heterocycles. The van der Waals surface area contributed by atoms with Crippen LogP contribution in [0.2, 0.25) is 0 Å². The second kappa shape index (κ2) is 8.60. The predicted molar refractivity (Wildman–Crippen MR) is 87.6 cm³/mol. The van der Waals surface area contributed by atoms with Crippen molar-refractivity contribution in [2.24, 2.45) is 5.73 Å². The summed E-state index contributed by atoms with van der Waals surface area (Å²) < 4.78 is 11.3. The number of aryl methyl sites for hydroxylation is 1. The lowest BCUT2D eigenvalue weighted by Crippen LogP contribution is -2.28. The van der Waals surface area contributed by atoms with Gasteiger partial charge in [-0.25, -0.2) is 0 Å². The summed E-state index contributed by atoms with van der Waals surface area (Å²) in [7, 11) is -0.863. The van der Waals surface area contributed by atoms with Crippen LogP contribution in [0.25, 0.3) is 0 Å². The maximum atomic E-state index is 12.2. The number of hydrogen-bond donors (Lipinski definition) is 2. The molecule has 0 radical (unpaired) electrons. The van der Waals surface area contributed by atoms with Gasteiger partial charge in [0.15, 0.2) is 0 Å². The quantitative estimate of drug-likeness (QED) is 0.803.